The maximum Gasteiger partial charge on any atom is 0.253 e. The zero-order chi connectivity index (χ0) is 22.0. The van der Waals surface area contributed by atoms with Gasteiger partial charge >= 0.3 is 0 Å². The molecule has 1 aromatic heterocycles. The van der Waals surface area contributed by atoms with E-state index in [0.717, 1.165) is 47.0 Å². The van der Waals surface area contributed by atoms with E-state index < -0.39 is 0 Å². The van der Waals surface area contributed by atoms with Crippen molar-refractivity contribution >= 4 is 33.9 Å². The molecule has 1 aliphatic carbocycles. The van der Waals surface area contributed by atoms with Gasteiger partial charge in [-0.15, -0.1) is 0 Å². The zero-order valence-electron chi connectivity index (χ0n) is 18.6. The molecule has 0 spiro atoms. The molecule has 0 unspecified atom stereocenters. The number of fused-ring (bicyclic) bond motifs is 1. The van der Waals surface area contributed by atoms with Crippen LogP contribution in [0.25, 0.3) is 10.9 Å². The van der Waals surface area contributed by atoms with Crippen LogP contribution in [0.1, 0.15) is 54.9 Å². The van der Waals surface area contributed by atoms with Gasteiger partial charge in [0, 0.05) is 17.3 Å². The van der Waals surface area contributed by atoms with Crippen LogP contribution in [0.4, 0.5) is 5.69 Å². The maximum atomic E-state index is 12.9. The molecule has 162 valence electrons. The lowest BCUT2D eigenvalue weighted by molar-refractivity contribution is 0.311. The summed E-state index contributed by atoms with van der Waals surface area (Å²) in [6.07, 6.45) is 5.66. The number of aromatic amines is 1. The molecule has 4 rings (SSSR count). The first-order valence-electron chi connectivity index (χ1n) is 11.2. The molecule has 4 nitrogen and oxygen atoms in total. The quantitative estimate of drug-likeness (QED) is 0.496. The predicted octanol–water partition coefficient (Wildman–Crippen LogP) is 5.85. The van der Waals surface area contributed by atoms with Gasteiger partial charge in [0.15, 0.2) is 5.11 Å². The summed E-state index contributed by atoms with van der Waals surface area (Å²) in [7, 11) is 0. The number of hydrogen-bond acceptors (Lipinski definition) is 2. The third-order valence-corrected chi connectivity index (χ3v) is 6.69. The number of hydrogen-bond donors (Lipinski definition) is 2. The Kier molecular flexibility index (Phi) is 6.42. The summed E-state index contributed by atoms with van der Waals surface area (Å²) in [6, 6.07) is 15.0. The summed E-state index contributed by atoms with van der Waals surface area (Å²) in [6.45, 7) is 6.80. The fourth-order valence-corrected chi connectivity index (χ4v) is 4.97. The molecule has 0 atom stereocenters. The van der Waals surface area contributed by atoms with Gasteiger partial charge in [-0.2, -0.15) is 0 Å². The first-order valence-corrected chi connectivity index (χ1v) is 11.6. The van der Waals surface area contributed by atoms with Gasteiger partial charge in [-0.25, -0.2) is 0 Å². The molecule has 0 saturated heterocycles. The molecular formula is C26H31N3OS. The number of rotatable bonds is 5. The van der Waals surface area contributed by atoms with Crippen LogP contribution in [0.15, 0.2) is 47.3 Å². The fourth-order valence-electron chi connectivity index (χ4n) is 4.63. The number of nitrogens with one attached hydrogen (secondary N) is 2. The van der Waals surface area contributed by atoms with E-state index >= 15 is 0 Å². The molecule has 0 radical (unpaired) electrons. The Morgan fingerprint density at radius 2 is 1.84 bits per heavy atom. The molecule has 0 bridgehead atoms. The highest BCUT2D eigenvalue weighted by atomic mass is 32.1. The van der Waals surface area contributed by atoms with E-state index in [9.17, 15) is 4.79 Å². The number of aryl methyl sites for hydroxylation is 3. The topological polar surface area (TPSA) is 48.1 Å². The van der Waals surface area contributed by atoms with E-state index in [1.807, 2.05) is 13.0 Å². The van der Waals surface area contributed by atoms with E-state index in [4.69, 9.17) is 12.2 Å². The van der Waals surface area contributed by atoms with Crippen LogP contribution in [0.3, 0.4) is 0 Å². The van der Waals surface area contributed by atoms with Crippen molar-refractivity contribution in [1.82, 2.24) is 9.88 Å². The van der Waals surface area contributed by atoms with Crippen molar-refractivity contribution in [3.63, 3.8) is 0 Å². The molecule has 2 aromatic carbocycles. The van der Waals surface area contributed by atoms with Crippen molar-refractivity contribution in [2.45, 2.75) is 65.5 Å². The number of anilines is 1. The van der Waals surface area contributed by atoms with Gasteiger partial charge in [0.1, 0.15) is 0 Å². The second-order valence-electron chi connectivity index (χ2n) is 8.72. The Hall–Kier alpha value is -2.66. The third-order valence-electron chi connectivity index (χ3n) is 6.35. The zero-order valence-corrected chi connectivity index (χ0v) is 19.4. The summed E-state index contributed by atoms with van der Waals surface area (Å²) in [5.74, 6) is 0. The average Bonchev–Trinajstić information content (AvgIpc) is 3.27. The highest BCUT2D eigenvalue weighted by Crippen LogP contribution is 2.26. The number of nitrogens with zero attached hydrogens (tertiary/aromatic N) is 1. The molecule has 5 heteroatoms. The smallest absolute Gasteiger partial charge is 0.253 e. The van der Waals surface area contributed by atoms with Crippen LogP contribution < -0.4 is 10.9 Å². The molecule has 3 aromatic rings. The lowest BCUT2D eigenvalue weighted by Crippen LogP contribution is -2.42. The minimum absolute atomic E-state index is 0.0300. The molecule has 1 saturated carbocycles. The van der Waals surface area contributed by atoms with Crippen molar-refractivity contribution in [2.75, 3.05) is 5.32 Å². The lowest BCUT2D eigenvalue weighted by Gasteiger charge is -2.31. The van der Waals surface area contributed by atoms with Crippen LogP contribution in [0.2, 0.25) is 0 Å². The second-order valence-corrected chi connectivity index (χ2v) is 9.10. The van der Waals surface area contributed by atoms with Crippen molar-refractivity contribution in [1.29, 1.82) is 0 Å². The molecule has 0 amide bonds. The van der Waals surface area contributed by atoms with Gasteiger partial charge in [-0.3, -0.25) is 4.79 Å². The Balaban J connectivity index is 1.63. The summed E-state index contributed by atoms with van der Waals surface area (Å²) < 4.78 is 0. The molecule has 1 heterocycles. The largest absolute Gasteiger partial charge is 0.342 e. The minimum Gasteiger partial charge on any atom is -0.342 e. The lowest BCUT2D eigenvalue weighted by atomic mass is 10.0. The predicted molar refractivity (Wildman–Crippen MR) is 134 cm³/mol. The summed E-state index contributed by atoms with van der Waals surface area (Å²) in [4.78, 5) is 18.2. The molecule has 1 fully saturated rings. The Morgan fingerprint density at radius 3 is 2.52 bits per heavy atom. The van der Waals surface area contributed by atoms with E-state index in [0.29, 0.717) is 17.7 Å². The van der Waals surface area contributed by atoms with Gasteiger partial charge in [0.25, 0.3) is 5.56 Å². The summed E-state index contributed by atoms with van der Waals surface area (Å²) in [5.41, 5.74) is 6.24. The number of thiocarbonyl (C=S) groups is 1. The van der Waals surface area contributed by atoms with E-state index in [1.165, 1.54) is 24.0 Å². The van der Waals surface area contributed by atoms with E-state index in [-0.39, 0.29) is 5.56 Å². The molecule has 2 N–H and O–H groups in total. The minimum atomic E-state index is -0.0300. The maximum absolute atomic E-state index is 12.9. The summed E-state index contributed by atoms with van der Waals surface area (Å²) >= 11 is 5.84. The summed E-state index contributed by atoms with van der Waals surface area (Å²) in [5, 5.41) is 5.18. The van der Waals surface area contributed by atoms with Gasteiger partial charge < -0.3 is 15.2 Å². The Labute approximate surface area is 189 Å². The van der Waals surface area contributed by atoms with Crippen LogP contribution in [0.5, 0.6) is 0 Å². The van der Waals surface area contributed by atoms with Gasteiger partial charge in [-0.1, -0.05) is 43.5 Å². The molecule has 0 aliphatic heterocycles. The van der Waals surface area contributed by atoms with Crippen molar-refractivity contribution in [3.05, 3.63) is 75.1 Å². The highest BCUT2D eigenvalue weighted by molar-refractivity contribution is 7.80. The van der Waals surface area contributed by atoms with Gasteiger partial charge in [-0.05, 0) is 86.1 Å². The first-order chi connectivity index (χ1) is 14.9. The Bertz CT molecular complexity index is 1140. The van der Waals surface area contributed by atoms with Crippen molar-refractivity contribution < 1.29 is 0 Å². The van der Waals surface area contributed by atoms with Crippen LogP contribution in [-0.2, 0) is 13.0 Å². The fraction of sp³-hybridized carbons (Fsp3) is 0.385. The Morgan fingerprint density at radius 1 is 1.13 bits per heavy atom. The number of H-pyrrole nitrogens is 1. The van der Waals surface area contributed by atoms with Gasteiger partial charge in [0.2, 0.25) is 0 Å². The number of pyridine rings is 1. The second kappa shape index (κ2) is 9.23. The van der Waals surface area contributed by atoms with Crippen LogP contribution in [0, 0.1) is 13.8 Å². The van der Waals surface area contributed by atoms with Crippen molar-refractivity contribution in [3.8, 4) is 0 Å². The highest BCUT2D eigenvalue weighted by Gasteiger charge is 2.26. The van der Waals surface area contributed by atoms with Crippen LogP contribution in [-0.4, -0.2) is 21.0 Å². The third kappa shape index (κ3) is 4.82. The van der Waals surface area contributed by atoms with E-state index in [1.54, 1.807) is 0 Å². The van der Waals surface area contributed by atoms with Crippen LogP contribution >= 0.6 is 12.2 Å². The van der Waals surface area contributed by atoms with Crippen molar-refractivity contribution in [2.24, 2.45) is 0 Å². The molecule has 1 aliphatic rings. The van der Waals surface area contributed by atoms with E-state index in [2.05, 4.69) is 65.4 Å². The molecular weight excluding hydrogens is 402 g/mol. The SMILES string of the molecule is CCc1ccc(NC(=S)N(Cc2cc3cc(C)cc(C)c3[nH]c2=O)C2CCCC2)cc1. The van der Waals surface area contributed by atoms with Gasteiger partial charge in [0.05, 0.1) is 12.1 Å². The average molecular weight is 434 g/mol. The first kappa shape index (κ1) is 21.6. The number of aromatic nitrogens is 1. The molecule has 31 heavy (non-hydrogen) atoms. The monoisotopic (exact) mass is 433 g/mol. The normalized spacial score (nSPS) is 14.2. The number of benzene rings is 2. The standard InChI is InChI=1S/C26H31N3OS/c1-4-19-9-11-22(12-10-19)27-26(31)29(23-7-5-6-8-23)16-21-15-20-14-17(2)13-18(3)24(20)28-25(21)30/h9-15,23H,4-8,16H2,1-3H3,(H,27,31)(H,28,30).